The third-order valence-electron chi connectivity index (χ3n) is 3.12. The zero-order valence-electron chi connectivity index (χ0n) is 9.44. The normalized spacial score (nSPS) is 32.9. The Kier molecular flexibility index (Phi) is 4.55. The maximum atomic E-state index is 11.5. The molecule has 0 bridgehead atoms. The molecular weight excluding hydrogens is 214 g/mol. The maximum absolute atomic E-state index is 11.5. The van der Waals surface area contributed by atoms with Crippen molar-refractivity contribution < 1.29 is 13.5 Å². The molecule has 0 saturated heterocycles. The van der Waals surface area contributed by atoms with Crippen LogP contribution in [-0.4, -0.2) is 31.9 Å². The second kappa shape index (κ2) is 5.27. The number of sulfonamides is 1. The second-order valence-electron chi connectivity index (χ2n) is 4.66. The van der Waals surface area contributed by atoms with E-state index in [1.54, 1.807) is 0 Å². The van der Waals surface area contributed by atoms with Crippen LogP contribution < -0.4 is 4.72 Å². The summed E-state index contributed by atoms with van der Waals surface area (Å²) in [5.74, 6) is 0.895. The summed E-state index contributed by atoms with van der Waals surface area (Å²) in [6, 6.07) is 0.0535. The van der Waals surface area contributed by atoms with Crippen LogP contribution in [-0.2, 0) is 10.0 Å². The van der Waals surface area contributed by atoms with Crippen molar-refractivity contribution >= 4 is 10.0 Å². The first kappa shape index (κ1) is 12.9. The first-order valence-electron chi connectivity index (χ1n) is 5.55. The summed E-state index contributed by atoms with van der Waals surface area (Å²) in [5.41, 5.74) is 0. The largest absolute Gasteiger partial charge is 0.395 e. The Morgan fingerprint density at radius 1 is 1.33 bits per heavy atom. The van der Waals surface area contributed by atoms with Gasteiger partial charge in [0.1, 0.15) is 0 Å². The Balaban J connectivity index is 2.51. The predicted molar refractivity (Wildman–Crippen MR) is 60.0 cm³/mol. The van der Waals surface area contributed by atoms with E-state index in [1.807, 2.05) is 0 Å². The molecule has 1 aliphatic rings. The third-order valence-corrected chi connectivity index (χ3v) is 4.50. The summed E-state index contributed by atoms with van der Waals surface area (Å²) < 4.78 is 25.6. The Labute approximate surface area is 92.1 Å². The number of aliphatic hydroxyl groups is 1. The molecule has 3 atom stereocenters. The van der Waals surface area contributed by atoms with Gasteiger partial charge >= 0.3 is 0 Å². The Morgan fingerprint density at radius 3 is 2.53 bits per heavy atom. The molecule has 1 rings (SSSR count). The summed E-state index contributed by atoms with van der Waals surface area (Å²) >= 11 is 0. The summed E-state index contributed by atoms with van der Waals surface area (Å²) in [4.78, 5) is 0. The van der Waals surface area contributed by atoms with Crippen molar-refractivity contribution in [3.8, 4) is 0 Å². The molecule has 0 radical (unpaired) electrons. The van der Waals surface area contributed by atoms with E-state index in [0.717, 1.165) is 19.3 Å². The number of rotatable bonds is 4. The molecule has 0 heterocycles. The van der Waals surface area contributed by atoms with Gasteiger partial charge in [-0.3, -0.25) is 0 Å². The topological polar surface area (TPSA) is 66.4 Å². The van der Waals surface area contributed by atoms with E-state index in [0.29, 0.717) is 11.8 Å². The highest BCUT2D eigenvalue weighted by atomic mass is 32.2. The predicted octanol–water partition coefficient (Wildman–Crippen LogP) is 0.723. The van der Waals surface area contributed by atoms with Crippen LogP contribution in [0.15, 0.2) is 0 Å². The summed E-state index contributed by atoms with van der Waals surface area (Å²) in [5, 5.41) is 8.62. The van der Waals surface area contributed by atoms with Crippen LogP contribution in [0.3, 0.4) is 0 Å². The smallest absolute Gasteiger partial charge is 0.214 e. The molecule has 1 aliphatic carbocycles. The summed E-state index contributed by atoms with van der Waals surface area (Å²) in [7, 11) is -3.28. The molecule has 0 aromatic rings. The highest BCUT2D eigenvalue weighted by molar-refractivity contribution is 7.89. The first-order chi connectivity index (χ1) is 6.94. The van der Waals surface area contributed by atoms with Gasteiger partial charge in [0.05, 0.1) is 12.4 Å². The summed E-state index contributed by atoms with van der Waals surface area (Å²) in [6.07, 6.45) is 3.07. The van der Waals surface area contributed by atoms with Gasteiger partial charge in [-0.25, -0.2) is 13.1 Å². The van der Waals surface area contributed by atoms with Crippen LogP contribution in [0, 0.1) is 11.8 Å². The third kappa shape index (κ3) is 4.09. The van der Waals surface area contributed by atoms with Crippen molar-refractivity contribution in [3.63, 3.8) is 0 Å². The summed E-state index contributed by atoms with van der Waals surface area (Å²) in [6.45, 7) is 3.98. The van der Waals surface area contributed by atoms with Gasteiger partial charge in [0.2, 0.25) is 10.0 Å². The van der Waals surface area contributed by atoms with Crippen molar-refractivity contribution in [1.29, 1.82) is 0 Å². The SMILES string of the molecule is CC1CCC(NS(=O)(=O)CCO)C(C)C1. The Morgan fingerprint density at radius 2 is 2.00 bits per heavy atom. The minimum atomic E-state index is -3.28. The van der Waals surface area contributed by atoms with Crippen molar-refractivity contribution in [3.05, 3.63) is 0 Å². The molecule has 4 nitrogen and oxygen atoms in total. The Bertz CT molecular complexity index is 289. The second-order valence-corrected chi connectivity index (χ2v) is 6.54. The molecule has 1 fully saturated rings. The standard InChI is InChI=1S/C10H21NO3S/c1-8-3-4-10(9(2)7-8)11-15(13,14)6-5-12/h8-12H,3-7H2,1-2H3. The van der Waals surface area contributed by atoms with Gasteiger partial charge in [0.25, 0.3) is 0 Å². The van der Waals surface area contributed by atoms with E-state index >= 15 is 0 Å². The minimum absolute atomic E-state index is 0.0535. The van der Waals surface area contributed by atoms with Gasteiger partial charge in [-0.2, -0.15) is 0 Å². The number of nitrogens with one attached hydrogen (secondary N) is 1. The molecule has 1 saturated carbocycles. The molecule has 15 heavy (non-hydrogen) atoms. The molecule has 0 aliphatic heterocycles. The van der Waals surface area contributed by atoms with E-state index in [4.69, 9.17) is 5.11 Å². The van der Waals surface area contributed by atoms with Crippen LogP contribution in [0.1, 0.15) is 33.1 Å². The highest BCUT2D eigenvalue weighted by Gasteiger charge is 2.28. The van der Waals surface area contributed by atoms with E-state index in [-0.39, 0.29) is 18.4 Å². The van der Waals surface area contributed by atoms with Crippen molar-refractivity contribution in [2.75, 3.05) is 12.4 Å². The average Bonchev–Trinajstić information content (AvgIpc) is 2.09. The molecule has 5 heteroatoms. The lowest BCUT2D eigenvalue weighted by Crippen LogP contribution is -2.43. The van der Waals surface area contributed by atoms with Crippen molar-refractivity contribution in [2.45, 2.75) is 39.2 Å². The van der Waals surface area contributed by atoms with Crippen LogP contribution in [0.4, 0.5) is 0 Å². The molecule has 0 aromatic carbocycles. The monoisotopic (exact) mass is 235 g/mol. The van der Waals surface area contributed by atoms with Crippen LogP contribution in [0.2, 0.25) is 0 Å². The van der Waals surface area contributed by atoms with E-state index < -0.39 is 10.0 Å². The fourth-order valence-corrected chi connectivity index (χ4v) is 3.42. The fraction of sp³-hybridized carbons (Fsp3) is 1.00. The van der Waals surface area contributed by atoms with Gasteiger partial charge in [-0.15, -0.1) is 0 Å². The van der Waals surface area contributed by atoms with Crippen LogP contribution >= 0.6 is 0 Å². The quantitative estimate of drug-likeness (QED) is 0.754. The lowest BCUT2D eigenvalue weighted by Gasteiger charge is -2.32. The first-order valence-corrected chi connectivity index (χ1v) is 7.20. The Hall–Kier alpha value is -0.130. The zero-order chi connectivity index (χ0) is 11.5. The van der Waals surface area contributed by atoms with Crippen LogP contribution in [0.5, 0.6) is 0 Å². The molecular formula is C10H21NO3S. The maximum Gasteiger partial charge on any atom is 0.214 e. The number of hydrogen-bond acceptors (Lipinski definition) is 3. The van der Waals surface area contributed by atoms with Gasteiger partial charge < -0.3 is 5.11 Å². The van der Waals surface area contributed by atoms with Gasteiger partial charge in [0, 0.05) is 6.04 Å². The highest BCUT2D eigenvalue weighted by Crippen LogP contribution is 2.28. The lowest BCUT2D eigenvalue weighted by molar-refractivity contribution is 0.248. The van der Waals surface area contributed by atoms with E-state index in [2.05, 4.69) is 18.6 Å². The molecule has 90 valence electrons. The molecule has 3 unspecified atom stereocenters. The average molecular weight is 235 g/mol. The minimum Gasteiger partial charge on any atom is -0.395 e. The van der Waals surface area contributed by atoms with Crippen molar-refractivity contribution in [2.24, 2.45) is 11.8 Å². The zero-order valence-corrected chi connectivity index (χ0v) is 10.3. The fourth-order valence-electron chi connectivity index (χ4n) is 2.25. The molecule has 0 amide bonds. The number of hydrogen-bond donors (Lipinski definition) is 2. The van der Waals surface area contributed by atoms with Crippen LogP contribution in [0.25, 0.3) is 0 Å². The molecule has 0 aromatic heterocycles. The lowest BCUT2D eigenvalue weighted by atomic mass is 9.80. The van der Waals surface area contributed by atoms with Gasteiger partial charge in [-0.1, -0.05) is 13.8 Å². The van der Waals surface area contributed by atoms with Gasteiger partial charge in [0.15, 0.2) is 0 Å². The molecule has 0 spiro atoms. The van der Waals surface area contributed by atoms with Gasteiger partial charge in [-0.05, 0) is 31.1 Å². The van der Waals surface area contributed by atoms with Crippen molar-refractivity contribution in [1.82, 2.24) is 4.72 Å². The number of aliphatic hydroxyl groups excluding tert-OH is 1. The van der Waals surface area contributed by atoms with E-state index in [9.17, 15) is 8.42 Å². The molecule has 2 N–H and O–H groups in total. The van der Waals surface area contributed by atoms with E-state index in [1.165, 1.54) is 0 Å².